The van der Waals surface area contributed by atoms with Crippen molar-refractivity contribution in [1.29, 1.82) is 0 Å². The maximum Gasteiger partial charge on any atom is 0.0888 e. The van der Waals surface area contributed by atoms with Crippen molar-refractivity contribution in [3.8, 4) is 0 Å². The molecule has 0 saturated heterocycles. The number of hydrogen-bond donors (Lipinski definition) is 1. The summed E-state index contributed by atoms with van der Waals surface area (Å²) in [5.74, 6) is 0. The first kappa shape index (κ1) is 5.85. The van der Waals surface area contributed by atoms with Gasteiger partial charge in [-0.1, -0.05) is 0 Å². The Labute approximate surface area is 36.0 Å². The van der Waals surface area contributed by atoms with Gasteiger partial charge in [-0.2, -0.15) is 4.94 Å². The van der Waals surface area contributed by atoms with Crippen LogP contribution in [0.15, 0.2) is 0 Å². The molecule has 0 rings (SSSR count). The monoisotopic (exact) mass is 93.1 g/mol. The normalized spacial score (nSPS) is 9.00. The largest absolute Gasteiger partial charge is 0.330 e. The van der Waals surface area contributed by atoms with Crippen LogP contribution < -0.4 is 5.73 Å². The van der Waals surface area contributed by atoms with Gasteiger partial charge in [-0.05, 0) is 17.5 Å². The Morgan fingerprint density at radius 2 is 2.33 bits per heavy atom. The number of halogens is 1. The molecule has 2 N–H and O–H groups in total. The molecule has 0 aromatic rings. The molecule has 2 nitrogen and oxygen atoms in total. The fraction of sp³-hybridized carbons (Fsp3) is 1.00. The van der Waals surface area contributed by atoms with Gasteiger partial charge < -0.3 is 5.73 Å². The molecule has 3 heteroatoms. The lowest BCUT2D eigenvalue weighted by atomic mass is 10.5. The second-order valence-corrected chi connectivity index (χ2v) is 0.955. The maximum atomic E-state index is 10.6. The van der Waals surface area contributed by atoms with Crippen LogP contribution in [0, 0.1) is 0 Å². The highest BCUT2D eigenvalue weighted by Crippen LogP contribution is 1.75. The number of rotatable bonds is 3. The minimum absolute atomic E-state index is 0.122. The first-order valence-corrected chi connectivity index (χ1v) is 1.85. The lowest BCUT2D eigenvalue weighted by Crippen LogP contribution is -2.00. The molecule has 0 saturated carbocycles. The van der Waals surface area contributed by atoms with Gasteiger partial charge in [0.05, 0.1) is 6.61 Å². The van der Waals surface area contributed by atoms with Gasteiger partial charge in [0.2, 0.25) is 0 Å². The summed E-state index contributed by atoms with van der Waals surface area (Å²) in [5.41, 5.74) is 4.97. The van der Waals surface area contributed by atoms with Crippen molar-refractivity contribution in [3.05, 3.63) is 0 Å². The molecule has 38 valence electrons. The molecule has 0 bridgehead atoms. The van der Waals surface area contributed by atoms with E-state index in [9.17, 15) is 4.53 Å². The molecule has 0 heterocycles. The summed E-state index contributed by atoms with van der Waals surface area (Å²) in [6, 6.07) is 0. The summed E-state index contributed by atoms with van der Waals surface area (Å²) >= 11 is 0. The average molecular weight is 93.1 g/mol. The van der Waals surface area contributed by atoms with E-state index in [4.69, 9.17) is 5.73 Å². The first-order chi connectivity index (χ1) is 2.91. The summed E-state index contributed by atoms with van der Waals surface area (Å²) < 4.78 is 10.6. The minimum Gasteiger partial charge on any atom is -0.330 e. The zero-order chi connectivity index (χ0) is 4.83. The zero-order valence-corrected chi connectivity index (χ0v) is 3.48. The van der Waals surface area contributed by atoms with Crippen LogP contribution in [0.25, 0.3) is 0 Å². The van der Waals surface area contributed by atoms with E-state index in [1.54, 1.807) is 0 Å². The zero-order valence-electron chi connectivity index (χ0n) is 3.48. The Hall–Kier alpha value is -0.150. The Morgan fingerprint density at radius 1 is 1.67 bits per heavy atom. The van der Waals surface area contributed by atoms with E-state index in [-0.39, 0.29) is 6.61 Å². The molecule has 0 radical (unpaired) electrons. The summed E-state index contributed by atoms with van der Waals surface area (Å²) in [6.07, 6.45) is 0.594. The molecule has 0 aromatic heterocycles. The standard InChI is InChI=1S/C3H8FNO/c4-6-3-1-2-5/h1-3,5H2. The lowest BCUT2D eigenvalue weighted by molar-refractivity contribution is -0.132. The Morgan fingerprint density at radius 3 is 2.50 bits per heavy atom. The van der Waals surface area contributed by atoms with Crippen LogP contribution in [0.5, 0.6) is 0 Å². The van der Waals surface area contributed by atoms with Gasteiger partial charge in [-0.25, -0.2) is 0 Å². The topological polar surface area (TPSA) is 35.2 Å². The summed E-state index contributed by atoms with van der Waals surface area (Å²) in [6.45, 7) is 0.612. The number of nitrogens with two attached hydrogens (primary N) is 1. The van der Waals surface area contributed by atoms with Crippen molar-refractivity contribution < 1.29 is 9.47 Å². The molecular formula is C3H8FNO. The van der Waals surface area contributed by atoms with Gasteiger partial charge in [0.1, 0.15) is 0 Å². The number of hydrogen-bond acceptors (Lipinski definition) is 2. The molecule has 0 aliphatic heterocycles. The van der Waals surface area contributed by atoms with E-state index in [1.807, 2.05) is 0 Å². The summed E-state index contributed by atoms with van der Waals surface area (Å²) in [5, 5.41) is 0. The fourth-order valence-corrected chi connectivity index (χ4v) is 0.138. The quantitative estimate of drug-likeness (QED) is 0.507. The van der Waals surface area contributed by atoms with E-state index in [1.165, 1.54) is 0 Å². The highest BCUT2D eigenvalue weighted by Gasteiger charge is 1.78. The van der Waals surface area contributed by atoms with Crippen LogP contribution in [-0.2, 0) is 4.94 Å². The SMILES string of the molecule is NCCCOF. The third-order valence-corrected chi connectivity index (χ3v) is 0.426. The van der Waals surface area contributed by atoms with E-state index in [0.29, 0.717) is 13.0 Å². The Bertz CT molecular complexity index is 22.8. The van der Waals surface area contributed by atoms with E-state index in [0.717, 1.165) is 0 Å². The van der Waals surface area contributed by atoms with Gasteiger partial charge in [0, 0.05) is 0 Å². The van der Waals surface area contributed by atoms with Crippen LogP contribution in [0.2, 0.25) is 0 Å². The van der Waals surface area contributed by atoms with E-state index >= 15 is 0 Å². The molecule has 0 fully saturated rings. The van der Waals surface area contributed by atoms with Crippen LogP contribution in [0.1, 0.15) is 6.42 Å². The van der Waals surface area contributed by atoms with Gasteiger partial charge >= 0.3 is 0 Å². The van der Waals surface area contributed by atoms with Crippen molar-refractivity contribution in [2.45, 2.75) is 6.42 Å². The Kier molecular flexibility index (Phi) is 4.73. The molecule has 0 unspecified atom stereocenters. The van der Waals surface area contributed by atoms with Gasteiger partial charge in [0.25, 0.3) is 0 Å². The van der Waals surface area contributed by atoms with Crippen LogP contribution in [-0.4, -0.2) is 13.2 Å². The molecule has 0 atom stereocenters. The minimum atomic E-state index is 0.122. The smallest absolute Gasteiger partial charge is 0.0888 e. The van der Waals surface area contributed by atoms with E-state index < -0.39 is 0 Å². The maximum absolute atomic E-state index is 10.6. The van der Waals surface area contributed by atoms with Crippen LogP contribution >= 0.6 is 0 Å². The molecule has 0 spiro atoms. The summed E-state index contributed by atoms with van der Waals surface area (Å²) in [7, 11) is 0. The van der Waals surface area contributed by atoms with Crippen molar-refractivity contribution >= 4 is 0 Å². The van der Waals surface area contributed by atoms with Crippen molar-refractivity contribution in [2.24, 2.45) is 5.73 Å². The molecular weight excluding hydrogens is 85.0 g/mol. The third kappa shape index (κ3) is 3.85. The van der Waals surface area contributed by atoms with Gasteiger partial charge in [-0.15, -0.1) is 0 Å². The highest BCUT2D eigenvalue weighted by molar-refractivity contribution is 4.30. The fourth-order valence-electron chi connectivity index (χ4n) is 0.138. The summed E-state index contributed by atoms with van der Waals surface area (Å²) in [4.78, 5) is 3.20. The molecule has 0 aliphatic carbocycles. The van der Waals surface area contributed by atoms with Crippen LogP contribution in [0.4, 0.5) is 4.53 Å². The van der Waals surface area contributed by atoms with Crippen molar-refractivity contribution in [2.75, 3.05) is 13.2 Å². The Balaban J connectivity index is 2.34. The molecule has 0 aliphatic rings. The first-order valence-electron chi connectivity index (χ1n) is 1.85. The third-order valence-electron chi connectivity index (χ3n) is 0.426. The van der Waals surface area contributed by atoms with Gasteiger partial charge in [-0.3, -0.25) is 0 Å². The van der Waals surface area contributed by atoms with Crippen molar-refractivity contribution in [3.63, 3.8) is 0 Å². The van der Waals surface area contributed by atoms with Gasteiger partial charge in [0.15, 0.2) is 0 Å². The average Bonchev–Trinajstić information content (AvgIpc) is 1.61. The van der Waals surface area contributed by atoms with E-state index in [2.05, 4.69) is 4.94 Å². The lowest BCUT2D eigenvalue weighted by Gasteiger charge is -1.84. The molecule has 6 heavy (non-hydrogen) atoms. The molecule has 0 amide bonds. The second kappa shape index (κ2) is 4.85. The highest BCUT2D eigenvalue weighted by atomic mass is 19.3. The predicted octanol–water partition coefficient (Wildman–Crippen LogP) is 0.236. The van der Waals surface area contributed by atoms with Crippen molar-refractivity contribution in [1.82, 2.24) is 0 Å². The molecule has 0 aromatic carbocycles. The predicted molar refractivity (Wildman–Crippen MR) is 20.7 cm³/mol. The van der Waals surface area contributed by atoms with Crippen LogP contribution in [0.3, 0.4) is 0 Å². The second-order valence-electron chi connectivity index (χ2n) is 0.955.